The Morgan fingerprint density at radius 2 is 1.21 bits per heavy atom. The second kappa shape index (κ2) is 5.99. The minimum Gasteiger partial charge on any atom is -0.512 e. The van der Waals surface area contributed by atoms with Gasteiger partial charge in [0.2, 0.25) is 0 Å². The van der Waals surface area contributed by atoms with Crippen LogP contribution in [0.5, 0.6) is 5.75 Å². The minimum absolute atomic E-state index is 0.143. The minimum atomic E-state index is -6.57. The molecule has 0 aliphatic rings. The Bertz CT molecular complexity index is 596. The predicted octanol–water partition coefficient (Wildman–Crippen LogP) is 3.34. The quantitative estimate of drug-likeness (QED) is 0.628. The molecule has 24 heavy (non-hydrogen) atoms. The Kier molecular flexibility index (Phi) is 5.08. The van der Waals surface area contributed by atoms with Crippen LogP contribution in [0.2, 0.25) is 0 Å². The van der Waals surface area contributed by atoms with Gasteiger partial charge in [0.25, 0.3) is 0 Å². The molecule has 0 spiro atoms. The van der Waals surface area contributed by atoms with Gasteiger partial charge in [-0.1, -0.05) is 12.1 Å². The molecule has 0 radical (unpaired) electrons. The van der Waals surface area contributed by atoms with Crippen LogP contribution >= 0.6 is 0 Å². The highest BCUT2D eigenvalue weighted by Gasteiger charge is 2.66. The Balaban J connectivity index is 3.81. The monoisotopic (exact) mass is 374 g/mol. The molecule has 0 bridgehead atoms. The average Bonchev–Trinajstić information content (AvgIpc) is 2.34. The Morgan fingerprint density at radius 3 is 1.58 bits per heavy atom. The number of alkyl halides is 10. The van der Waals surface area contributed by atoms with Gasteiger partial charge in [0, 0.05) is 5.56 Å². The zero-order valence-electron chi connectivity index (χ0n) is 10.9. The summed E-state index contributed by atoms with van der Waals surface area (Å²) in [5.41, 5.74) is -5.62. The fourth-order valence-corrected chi connectivity index (χ4v) is 1.62. The zero-order valence-corrected chi connectivity index (χ0v) is 10.9. The number of benzene rings is 1. The van der Waals surface area contributed by atoms with Gasteiger partial charge in [-0.3, -0.25) is 0 Å². The van der Waals surface area contributed by atoms with Crippen LogP contribution in [0.15, 0.2) is 18.2 Å². The lowest BCUT2D eigenvalue weighted by atomic mass is 9.94. The molecular formula is C10H5BF10O3. The van der Waals surface area contributed by atoms with E-state index in [0.29, 0.717) is 0 Å². The molecule has 0 heterocycles. The lowest BCUT2D eigenvalue weighted by Crippen LogP contribution is -2.41. The van der Waals surface area contributed by atoms with E-state index >= 15 is 0 Å². The average molecular weight is 374 g/mol. The van der Waals surface area contributed by atoms with Gasteiger partial charge in [-0.05, 0) is 6.07 Å². The van der Waals surface area contributed by atoms with Gasteiger partial charge in [-0.2, -0.15) is 43.9 Å². The SMILES string of the molecule is OB(O)Oc1cccc(C(F)(F)C(F)(F)F)c1C(F)(F)C(F)(F)F. The van der Waals surface area contributed by atoms with E-state index in [9.17, 15) is 43.9 Å². The Labute approximate surface area is 126 Å². The maximum absolute atomic E-state index is 13.5. The summed E-state index contributed by atoms with van der Waals surface area (Å²) in [6.07, 6.45) is -13.1. The Morgan fingerprint density at radius 1 is 0.750 bits per heavy atom. The summed E-state index contributed by atoms with van der Waals surface area (Å²) in [5, 5.41) is 16.9. The molecule has 1 aromatic rings. The Hall–Kier alpha value is -1.70. The third kappa shape index (κ3) is 3.53. The molecule has 0 aliphatic carbocycles. The van der Waals surface area contributed by atoms with E-state index in [0.717, 1.165) is 0 Å². The molecule has 3 nitrogen and oxygen atoms in total. The molecule has 0 saturated carbocycles. The summed E-state index contributed by atoms with van der Waals surface area (Å²) in [6, 6.07) is 0.0894. The molecule has 1 aromatic carbocycles. The van der Waals surface area contributed by atoms with Crippen LogP contribution in [0.3, 0.4) is 0 Å². The van der Waals surface area contributed by atoms with Crippen molar-refractivity contribution in [3.63, 3.8) is 0 Å². The molecular weight excluding hydrogens is 369 g/mol. The van der Waals surface area contributed by atoms with Crippen molar-refractivity contribution in [3.8, 4) is 5.75 Å². The molecule has 0 saturated heterocycles. The molecule has 0 amide bonds. The van der Waals surface area contributed by atoms with E-state index in [-0.39, 0.29) is 18.2 Å². The van der Waals surface area contributed by atoms with Gasteiger partial charge in [0.1, 0.15) is 5.75 Å². The maximum Gasteiger partial charge on any atom is 0.707 e. The number of hydrogen-bond donors (Lipinski definition) is 2. The van der Waals surface area contributed by atoms with Crippen LogP contribution in [-0.2, 0) is 11.8 Å². The topological polar surface area (TPSA) is 49.7 Å². The molecule has 0 unspecified atom stereocenters. The molecule has 0 aromatic heterocycles. The molecule has 0 fully saturated rings. The van der Waals surface area contributed by atoms with Crippen LogP contribution in [0.25, 0.3) is 0 Å². The molecule has 0 aliphatic heterocycles. The van der Waals surface area contributed by atoms with E-state index < -0.39 is 48.4 Å². The summed E-state index contributed by atoms with van der Waals surface area (Å²) in [5.74, 6) is -14.2. The van der Waals surface area contributed by atoms with Crippen molar-refractivity contribution in [1.29, 1.82) is 0 Å². The normalized spacial score (nSPS) is 13.8. The third-order valence-corrected chi connectivity index (χ3v) is 2.62. The standard InChI is InChI=1S/C10H5BF10O3/c12-7(13,9(16,17)18)4-2-1-3-5(24-11(22)23)6(4)8(14,15)10(19,20)21/h1-3,22-23H. The van der Waals surface area contributed by atoms with Crippen LogP contribution in [0, 0.1) is 0 Å². The first-order valence-electron chi connectivity index (χ1n) is 5.59. The molecule has 136 valence electrons. The number of halogens is 10. The van der Waals surface area contributed by atoms with E-state index in [1.54, 1.807) is 0 Å². The molecule has 0 atom stereocenters. The maximum atomic E-state index is 13.5. The number of rotatable bonds is 4. The summed E-state index contributed by atoms with van der Waals surface area (Å²) >= 11 is 0. The summed E-state index contributed by atoms with van der Waals surface area (Å²) in [4.78, 5) is 0. The van der Waals surface area contributed by atoms with Gasteiger partial charge in [-0.25, -0.2) is 0 Å². The summed E-state index contributed by atoms with van der Waals surface area (Å²) in [6.45, 7) is 0. The highest BCUT2D eigenvalue weighted by atomic mass is 19.4. The van der Waals surface area contributed by atoms with E-state index in [1.165, 1.54) is 0 Å². The van der Waals surface area contributed by atoms with Crippen LogP contribution in [0.1, 0.15) is 11.1 Å². The van der Waals surface area contributed by atoms with Crippen molar-refractivity contribution in [2.75, 3.05) is 0 Å². The first-order valence-corrected chi connectivity index (χ1v) is 5.59. The first kappa shape index (κ1) is 20.3. The second-order valence-corrected chi connectivity index (χ2v) is 4.27. The van der Waals surface area contributed by atoms with Gasteiger partial charge in [0.15, 0.2) is 0 Å². The van der Waals surface area contributed by atoms with Crippen molar-refractivity contribution in [1.82, 2.24) is 0 Å². The predicted molar refractivity (Wildman–Crippen MR) is 57.2 cm³/mol. The first-order chi connectivity index (χ1) is 10.5. The fourth-order valence-electron chi connectivity index (χ4n) is 1.62. The van der Waals surface area contributed by atoms with Crippen molar-refractivity contribution < 1.29 is 58.6 Å². The van der Waals surface area contributed by atoms with E-state index in [1.807, 2.05) is 0 Å². The lowest BCUT2D eigenvalue weighted by Gasteiger charge is -2.29. The molecule has 1 rings (SSSR count). The van der Waals surface area contributed by atoms with Crippen molar-refractivity contribution >= 4 is 7.32 Å². The smallest absolute Gasteiger partial charge is 0.512 e. The second-order valence-electron chi connectivity index (χ2n) is 4.27. The van der Waals surface area contributed by atoms with Crippen molar-refractivity contribution in [2.45, 2.75) is 24.2 Å². The molecule has 2 N–H and O–H groups in total. The zero-order chi connectivity index (χ0) is 19.1. The van der Waals surface area contributed by atoms with Crippen LogP contribution in [0.4, 0.5) is 43.9 Å². The lowest BCUT2D eigenvalue weighted by molar-refractivity contribution is -0.302. The van der Waals surface area contributed by atoms with Crippen molar-refractivity contribution in [2.24, 2.45) is 0 Å². The highest BCUT2D eigenvalue weighted by molar-refractivity contribution is 6.33. The van der Waals surface area contributed by atoms with Gasteiger partial charge >= 0.3 is 31.5 Å². The highest BCUT2D eigenvalue weighted by Crippen LogP contribution is 2.54. The summed E-state index contributed by atoms with van der Waals surface area (Å²) in [7, 11) is -3.05. The molecule has 14 heteroatoms. The van der Waals surface area contributed by atoms with E-state index in [2.05, 4.69) is 4.65 Å². The van der Waals surface area contributed by atoms with Gasteiger partial charge in [-0.15, -0.1) is 0 Å². The van der Waals surface area contributed by atoms with Crippen LogP contribution in [-0.4, -0.2) is 29.7 Å². The largest absolute Gasteiger partial charge is 0.707 e. The van der Waals surface area contributed by atoms with Gasteiger partial charge in [0.05, 0.1) is 5.56 Å². The van der Waals surface area contributed by atoms with Crippen molar-refractivity contribution in [3.05, 3.63) is 29.3 Å². The van der Waals surface area contributed by atoms with Gasteiger partial charge < -0.3 is 14.7 Å². The number of hydrogen-bond acceptors (Lipinski definition) is 3. The van der Waals surface area contributed by atoms with E-state index in [4.69, 9.17) is 10.0 Å². The summed E-state index contributed by atoms with van der Waals surface area (Å²) < 4.78 is 132. The third-order valence-electron chi connectivity index (χ3n) is 2.62. The van der Waals surface area contributed by atoms with Crippen LogP contribution < -0.4 is 4.65 Å². The fraction of sp³-hybridized carbons (Fsp3) is 0.400.